The lowest BCUT2D eigenvalue weighted by molar-refractivity contribution is -0.199. The van der Waals surface area contributed by atoms with Gasteiger partial charge in [0.05, 0.1) is 6.61 Å². The molecule has 1 heterocycles. The highest BCUT2D eigenvalue weighted by Gasteiger charge is 2.48. The van der Waals surface area contributed by atoms with Gasteiger partial charge in [-0.1, -0.05) is 30.3 Å². The summed E-state index contributed by atoms with van der Waals surface area (Å²) in [4.78, 5) is 24.2. The highest BCUT2D eigenvalue weighted by molar-refractivity contribution is 5.78. The van der Waals surface area contributed by atoms with Gasteiger partial charge in [-0.05, 0) is 18.4 Å². The van der Waals surface area contributed by atoms with Crippen molar-refractivity contribution in [1.82, 2.24) is 10.2 Å². The second-order valence-corrected chi connectivity index (χ2v) is 6.06. The minimum atomic E-state index is -4.50. The Morgan fingerprint density at radius 3 is 2.52 bits per heavy atom. The maximum absolute atomic E-state index is 13.2. The molecule has 1 aliphatic heterocycles. The number of hydrogen-bond acceptors (Lipinski definition) is 3. The van der Waals surface area contributed by atoms with Gasteiger partial charge in [0.25, 0.3) is 0 Å². The van der Waals surface area contributed by atoms with Crippen LogP contribution in [0.1, 0.15) is 25.3 Å². The Labute approximate surface area is 144 Å². The van der Waals surface area contributed by atoms with Crippen molar-refractivity contribution < 1.29 is 27.5 Å². The van der Waals surface area contributed by atoms with Crippen molar-refractivity contribution >= 4 is 11.8 Å². The number of hydrogen-bond donors (Lipinski definition) is 1. The first kappa shape index (κ1) is 19.2. The molecule has 0 bridgehead atoms. The van der Waals surface area contributed by atoms with Crippen LogP contribution >= 0.6 is 0 Å². The Bertz CT molecular complexity index is 593. The molecule has 0 radical (unpaired) electrons. The summed E-state index contributed by atoms with van der Waals surface area (Å²) >= 11 is 0. The lowest BCUT2D eigenvalue weighted by Gasteiger charge is -2.40. The van der Waals surface area contributed by atoms with Gasteiger partial charge in [0.2, 0.25) is 11.8 Å². The Balaban J connectivity index is 1.96. The molecule has 1 aromatic carbocycles. The Morgan fingerprint density at radius 2 is 1.92 bits per heavy atom. The van der Waals surface area contributed by atoms with Crippen LogP contribution in [0.2, 0.25) is 0 Å². The quantitative estimate of drug-likeness (QED) is 0.878. The Morgan fingerprint density at radius 1 is 1.24 bits per heavy atom. The zero-order valence-electron chi connectivity index (χ0n) is 13.9. The second-order valence-electron chi connectivity index (χ2n) is 6.06. The van der Waals surface area contributed by atoms with E-state index in [0.29, 0.717) is 0 Å². The number of halogens is 3. The van der Waals surface area contributed by atoms with E-state index in [2.05, 4.69) is 5.32 Å². The summed E-state index contributed by atoms with van der Waals surface area (Å²) in [6, 6.07) is 6.73. The number of alkyl halides is 3. The number of carbonyl (C=O) groups excluding carboxylic acids is 2. The first-order valence-corrected chi connectivity index (χ1v) is 8.02. The van der Waals surface area contributed by atoms with Gasteiger partial charge >= 0.3 is 6.18 Å². The molecule has 0 spiro atoms. The van der Waals surface area contributed by atoms with E-state index in [0.717, 1.165) is 10.5 Å². The number of carbonyl (C=O) groups is 2. The van der Waals surface area contributed by atoms with Crippen LogP contribution in [0.15, 0.2) is 30.3 Å². The molecule has 1 N–H and O–H groups in total. The Kier molecular flexibility index (Phi) is 6.41. The van der Waals surface area contributed by atoms with Crippen molar-refractivity contribution in [3.63, 3.8) is 0 Å². The molecule has 1 fully saturated rings. The fraction of sp³-hybridized carbons (Fsp3) is 0.529. The van der Waals surface area contributed by atoms with Crippen LogP contribution in [0, 0.1) is 0 Å². The highest BCUT2D eigenvalue weighted by Crippen LogP contribution is 2.32. The molecule has 1 aromatic rings. The monoisotopic (exact) mass is 358 g/mol. The largest absolute Gasteiger partial charge is 0.408 e. The molecule has 2 rings (SSSR count). The summed E-state index contributed by atoms with van der Waals surface area (Å²) in [5, 5.41) is 2.58. The number of ether oxygens (including phenoxy) is 1. The second kappa shape index (κ2) is 8.33. The van der Waals surface area contributed by atoms with Gasteiger partial charge in [-0.2, -0.15) is 13.2 Å². The van der Waals surface area contributed by atoms with Gasteiger partial charge in [0.15, 0.2) is 0 Å². The smallest absolute Gasteiger partial charge is 0.367 e. The minimum Gasteiger partial charge on any atom is -0.367 e. The van der Waals surface area contributed by atoms with Crippen molar-refractivity contribution in [2.24, 2.45) is 0 Å². The van der Waals surface area contributed by atoms with Crippen LogP contribution in [-0.4, -0.2) is 48.1 Å². The van der Waals surface area contributed by atoms with Crippen LogP contribution in [-0.2, 0) is 20.9 Å². The van der Waals surface area contributed by atoms with Gasteiger partial charge in [-0.25, -0.2) is 0 Å². The van der Waals surface area contributed by atoms with Gasteiger partial charge in [0.1, 0.15) is 12.6 Å². The minimum absolute atomic E-state index is 0.145. The fourth-order valence-corrected chi connectivity index (χ4v) is 2.91. The molecule has 0 aliphatic carbocycles. The summed E-state index contributed by atoms with van der Waals surface area (Å²) in [7, 11) is 0. The SMILES string of the molecule is CC(=O)NC1CCC(C(F)(F)F)N(C(=O)COCc2ccccc2)C1. The van der Waals surface area contributed by atoms with Crippen LogP contribution in [0.5, 0.6) is 0 Å². The van der Waals surface area contributed by atoms with Crippen molar-refractivity contribution in [1.29, 1.82) is 0 Å². The number of amides is 2. The van der Waals surface area contributed by atoms with E-state index >= 15 is 0 Å². The zero-order chi connectivity index (χ0) is 18.4. The number of rotatable bonds is 5. The molecule has 0 saturated carbocycles. The van der Waals surface area contributed by atoms with E-state index in [1.54, 1.807) is 12.1 Å². The summed E-state index contributed by atoms with van der Waals surface area (Å²) in [5.41, 5.74) is 0.831. The van der Waals surface area contributed by atoms with Crippen LogP contribution in [0.25, 0.3) is 0 Å². The van der Waals surface area contributed by atoms with Gasteiger partial charge < -0.3 is 15.0 Å². The molecular formula is C17H21F3N2O3. The predicted molar refractivity (Wildman–Crippen MR) is 84.5 cm³/mol. The molecule has 25 heavy (non-hydrogen) atoms. The van der Waals surface area contributed by atoms with Gasteiger partial charge in [-0.15, -0.1) is 0 Å². The molecule has 1 saturated heterocycles. The normalized spacial score (nSPS) is 21.0. The van der Waals surface area contributed by atoms with Crippen molar-refractivity contribution in [2.75, 3.05) is 13.2 Å². The summed E-state index contributed by atoms with van der Waals surface area (Å²) in [5.74, 6) is -1.06. The van der Waals surface area contributed by atoms with Crippen LogP contribution in [0.3, 0.4) is 0 Å². The highest BCUT2D eigenvalue weighted by atomic mass is 19.4. The summed E-state index contributed by atoms with van der Waals surface area (Å²) in [6.07, 6.45) is -4.56. The molecule has 0 aromatic heterocycles. The Hall–Kier alpha value is -2.09. The molecule has 8 heteroatoms. The molecule has 2 unspecified atom stereocenters. The molecule has 2 amide bonds. The first-order valence-electron chi connectivity index (χ1n) is 8.02. The lowest BCUT2D eigenvalue weighted by Crippen LogP contribution is -2.58. The number of nitrogens with one attached hydrogen (secondary N) is 1. The van der Waals surface area contributed by atoms with Crippen LogP contribution < -0.4 is 5.32 Å². The van der Waals surface area contributed by atoms with Gasteiger partial charge in [0, 0.05) is 19.5 Å². The third-order valence-corrected chi connectivity index (χ3v) is 4.02. The van der Waals surface area contributed by atoms with Crippen molar-refractivity contribution in [3.05, 3.63) is 35.9 Å². The topological polar surface area (TPSA) is 58.6 Å². The van der Waals surface area contributed by atoms with Gasteiger partial charge in [-0.3, -0.25) is 9.59 Å². The van der Waals surface area contributed by atoms with E-state index < -0.39 is 30.8 Å². The van der Waals surface area contributed by atoms with E-state index in [4.69, 9.17) is 4.74 Å². The average Bonchev–Trinajstić information content (AvgIpc) is 2.54. The first-order chi connectivity index (χ1) is 11.8. The maximum atomic E-state index is 13.2. The lowest BCUT2D eigenvalue weighted by atomic mass is 9.97. The third-order valence-electron chi connectivity index (χ3n) is 4.02. The van der Waals surface area contributed by atoms with E-state index in [1.165, 1.54) is 6.92 Å². The maximum Gasteiger partial charge on any atom is 0.408 e. The predicted octanol–water partition coefficient (Wildman–Crippen LogP) is 2.26. The van der Waals surface area contributed by atoms with Crippen molar-refractivity contribution in [3.8, 4) is 0 Å². The fourth-order valence-electron chi connectivity index (χ4n) is 2.91. The number of piperidine rings is 1. The third kappa shape index (κ3) is 5.74. The standard InChI is InChI=1S/C17H21F3N2O3/c1-12(23)21-14-7-8-15(17(18,19)20)22(9-14)16(24)11-25-10-13-5-3-2-4-6-13/h2-6,14-15H,7-11H2,1H3,(H,21,23). The van der Waals surface area contributed by atoms with E-state index in [1.807, 2.05) is 18.2 Å². The molecule has 5 nitrogen and oxygen atoms in total. The van der Waals surface area contributed by atoms with Crippen molar-refractivity contribution in [2.45, 2.75) is 44.6 Å². The summed E-state index contributed by atoms with van der Waals surface area (Å²) in [6.45, 7) is 0.836. The van der Waals surface area contributed by atoms with E-state index in [9.17, 15) is 22.8 Å². The molecular weight excluding hydrogens is 337 g/mol. The van der Waals surface area contributed by atoms with E-state index in [-0.39, 0.29) is 31.9 Å². The summed E-state index contributed by atoms with van der Waals surface area (Å²) < 4.78 is 44.9. The number of likely N-dealkylation sites (tertiary alicyclic amines) is 1. The number of nitrogens with zero attached hydrogens (tertiary/aromatic N) is 1. The molecule has 138 valence electrons. The number of benzene rings is 1. The zero-order valence-corrected chi connectivity index (χ0v) is 13.9. The average molecular weight is 358 g/mol. The van der Waals surface area contributed by atoms with Crippen LogP contribution in [0.4, 0.5) is 13.2 Å². The molecule has 1 aliphatic rings. The molecule has 2 atom stereocenters.